The Hall–Kier alpha value is -1.72. The molecule has 0 atom stereocenters. The molecule has 0 N–H and O–H groups in total. The predicted octanol–water partition coefficient (Wildman–Crippen LogP) is 3.37. The van der Waals surface area contributed by atoms with E-state index in [1.165, 1.54) is 0 Å². The molecule has 2 aromatic heterocycles. The number of hydrogen-bond acceptors (Lipinski definition) is 5. The van der Waals surface area contributed by atoms with Gasteiger partial charge in [0.1, 0.15) is 11.4 Å². The lowest BCUT2D eigenvalue weighted by Gasteiger charge is -2.03. The van der Waals surface area contributed by atoms with Gasteiger partial charge in [0.15, 0.2) is 5.15 Å². The molecule has 0 aliphatic rings. The van der Waals surface area contributed by atoms with Crippen LogP contribution in [0.2, 0.25) is 5.15 Å². The maximum Gasteiger partial charge on any atom is 0.151 e. The van der Waals surface area contributed by atoms with Gasteiger partial charge in [0.2, 0.25) is 0 Å². The van der Waals surface area contributed by atoms with Gasteiger partial charge in [-0.3, -0.25) is 0 Å². The molecule has 0 aliphatic heterocycles. The number of para-hydroxylation sites is 1. The van der Waals surface area contributed by atoms with Crippen molar-refractivity contribution < 1.29 is 0 Å². The fraction of sp³-hybridized carbons (Fsp3) is 0.0769. The molecule has 0 radical (unpaired) electrons. The highest BCUT2D eigenvalue weighted by molar-refractivity contribution is 7.98. The number of rotatable bonds is 3. The van der Waals surface area contributed by atoms with E-state index in [1.54, 1.807) is 24.2 Å². The first kappa shape index (κ1) is 12.3. The number of nitrogens with zero attached hydrogens (tertiary/aromatic N) is 4. The summed E-state index contributed by atoms with van der Waals surface area (Å²) in [5.74, 6) is 0.700. The van der Waals surface area contributed by atoms with Crippen molar-refractivity contribution in [1.29, 1.82) is 0 Å². The van der Waals surface area contributed by atoms with Gasteiger partial charge in [-0.15, -0.1) is 5.10 Å². The average Bonchev–Trinajstić information content (AvgIpc) is 2.47. The molecule has 3 rings (SSSR count). The third kappa shape index (κ3) is 2.83. The molecular weight excluding hydrogens is 280 g/mol. The summed E-state index contributed by atoms with van der Waals surface area (Å²) >= 11 is 7.32. The van der Waals surface area contributed by atoms with Crippen LogP contribution in [0, 0.1) is 0 Å². The van der Waals surface area contributed by atoms with Crippen LogP contribution < -0.4 is 0 Å². The van der Waals surface area contributed by atoms with Crippen LogP contribution in [0.1, 0.15) is 5.69 Å². The first-order valence-corrected chi connectivity index (χ1v) is 7.00. The molecule has 0 unspecified atom stereocenters. The first-order chi connectivity index (χ1) is 9.33. The molecule has 3 aromatic rings. The van der Waals surface area contributed by atoms with Gasteiger partial charge >= 0.3 is 0 Å². The van der Waals surface area contributed by atoms with Crippen molar-refractivity contribution in [3.8, 4) is 0 Å². The lowest BCUT2D eigenvalue weighted by atomic mass is 10.2. The Balaban J connectivity index is 1.84. The Morgan fingerprint density at radius 2 is 1.89 bits per heavy atom. The molecule has 0 bridgehead atoms. The second-order valence-corrected chi connectivity index (χ2v) is 5.18. The highest BCUT2D eigenvalue weighted by atomic mass is 35.5. The fourth-order valence-corrected chi connectivity index (χ4v) is 2.65. The zero-order valence-corrected chi connectivity index (χ0v) is 11.4. The average molecular weight is 289 g/mol. The fourth-order valence-electron chi connectivity index (χ4n) is 1.66. The molecule has 0 saturated heterocycles. The van der Waals surface area contributed by atoms with Gasteiger partial charge in [0.25, 0.3) is 0 Å². The van der Waals surface area contributed by atoms with E-state index in [-0.39, 0.29) is 0 Å². The van der Waals surface area contributed by atoms with E-state index in [2.05, 4.69) is 20.2 Å². The summed E-state index contributed by atoms with van der Waals surface area (Å²) in [6.07, 6.45) is 1.58. The highest BCUT2D eigenvalue weighted by Gasteiger charge is 2.05. The van der Waals surface area contributed by atoms with Crippen molar-refractivity contribution in [2.45, 2.75) is 10.8 Å². The van der Waals surface area contributed by atoms with Crippen molar-refractivity contribution in [2.75, 3.05) is 0 Å². The Kier molecular flexibility index (Phi) is 3.57. The van der Waals surface area contributed by atoms with Gasteiger partial charge in [-0.2, -0.15) is 5.10 Å². The van der Waals surface area contributed by atoms with Gasteiger partial charge in [-0.05, 0) is 18.2 Å². The Bertz CT molecular complexity index is 697. The summed E-state index contributed by atoms with van der Waals surface area (Å²) in [5.41, 5.74) is 1.82. The van der Waals surface area contributed by atoms with Gasteiger partial charge < -0.3 is 0 Å². The van der Waals surface area contributed by atoms with E-state index in [1.807, 2.05) is 30.3 Å². The van der Waals surface area contributed by atoms with Crippen molar-refractivity contribution in [1.82, 2.24) is 20.2 Å². The molecule has 19 heavy (non-hydrogen) atoms. The smallest absolute Gasteiger partial charge is 0.151 e. The second kappa shape index (κ2) is 5.50. The van der Waals surface area contributed by atoms with Gasteiger partial charge in [0, 0.05) is 11.1 Å². The number of halogens is 1. The van der Waals surface area contributed by atoms with Crippen molar-refractivity contribution in [3.63, 3.8) is 0 Å². The monoisotopic (exact) mass is 288 g/mol. The zero-order chi connectivity index (χ0) is 13.1. The summed E-state index contributed by atoms with van der Waals surface area (Å²) in [7, 11) is 0. The molecule has 94 valence electrons. The first-order valence-electron chi connectivity index (χ1n) is 5.63. The topological polar surface area (TPSA) is 51.6 Å². The highest BCUT2D eigenvalue weighted by Crippen LogP contribution is 2.26. The minimum atomic E-state index is 0.404. The van der Waals surface area contributed by atoms with E-state index in [0.717, 1.165) is 21.6 Å². The number of hydrogen-bond donors (Lipinski definition) is 0. The van der Waals surface area contributed by atoms with Crippen LogP contribution >= 0.6 is 23.4 Å². The molecule has 6 heteroatoms. The molecule has 0 fully saturated rings. The molecule has 0 saturated carbocycles. The van der Waals surface area contributed by atoms with Crippen molar-refractivity contribution >= 4 is 34.3 Å². The summed E-state index contributed by atoms with van der Waals surface area (Å²) in [5, 5.41) is 10.3. The Morgan fingerprint density at radius 3 is 2.74 bits per heavy atom. The summed E-state index contributed by atoms with van der Waals surface area (Å²) in [4.78, 5) is 8.56. The molecule has 4 nitrogen and oxygen atoms in total. The van der Waals surface area contributed by atoms with Gasteiger partial charge in [-0.25, -0.2) is 9.97 Å². The van der Waals surface area contributed by atoms with E-state index in [0.29, 0.717) is 10.9 Å². The molecule has 1 aromatic carbocycles. The lowest BCUT2D eigenvalue weighted by Crippen LogP contribution is -1.92. The van der Waals surface area contributed by atoms with Crippen molar-refractivity contribution in [2.24, 2.45) is 0 Å². The number of fused-ring (bicyclic) bond motifs is 1. The van der Waals surface area contributed by atoms with E-state index >= 15 is 0 Å². The quantitative estimate of drug-likeness (QED) is 0.546. The van der Waals surface area contributed by atoms with Crippen LogP contribution in [0.15, 0.2) is 47.8 Å². The van der Waals surface area contributed by atoms with Crippen LogP contribution in [0.5, 0.6) is 0 Å². The minimum Gasteiger partial charge on any atom is -0.236 e. The van der Waals surface area contributed by atoms with E-state index in [4.69, 9.17) is 11.6 Å². The van der Waals surface area contributed by atoms with E-state index in [9.17, 15) is 0 Å². The van der Waals surface area contributed by atoms with Crippen LogP contribution in [-0.2, 0) is 5.75 Å². The third-order valence-corrected chi connectivity index (χ3v) is 3.79. The van der Waals surface area contributed by atoms with Crippen LogP contribution in [0.4, 0.5) is 0 Å². The standard InChI is InChI=1S/C13H9ClN4S/c14-12-6-5-9(17-18-12)7-19-13-10-3-1-2-4-11(10)15-8-16-13/h1-6,8H,7H2. The van der Waals surface area contributed by atoms with Crippen LogP contribution in [0.25, 0.3) is 10.9 Å². The van der Waals surface area contributed by atoms with Crippen LogP contribution in [-0.4, -0.2) is 20.2 Å². The molecule has 0 spiro atoms. The second-order valence-electron chi connectivity index (χ2n) is 3.83. The number of benzene rings is 1. The van der Waals surface area contributed by atoms with Crippen LogP contribution in [0.3, 0.4) is 0 Å². The lowest BCUT2D eigenvalue weighted by molar-refractivity contribution is 0.970. The molecule has 0 aliphatic carbocycles. The maximum absolute atomic E-state index is 5.71. The number of thioether (sulfide) groups is 1. The van der Waals surface area contributed by atoms with Crippen molar-refractivity contribution in [3.05, 3.63) is 53.6 Å². The maximum atomic E-state index is 5.71. The normalized spacial score (nSPS) is 10.8. The third-order valence-electron chi connectivity index (χ3n) is 2.55. The Labute approximate surface area is 119 Å². The predicted molar refractivity (Wildman–Crippen MR) is 76.1 cm³/mol. The molecule has 2 heterocycles. The number of aromatic nitrogens is 4. The van der Waals surface area contributed by atoms with E-state index < -0.39 is 0 Å². The molecular formula is C13H9ClN4S. The summed E-state index contributed by atoms with van der Waals surface area (Å²) < 4.78 is 0. The Morgan fingerprint density at radius 1 is 1.00 bits per heavy atom. The summed E-state index contributed by atoms with van der Waals surface area (Å²) in [6, 6.07) is 11.6. The largest absolute Gasteiger partial charge is 0.236 e. The summed E-state index contributed by atoms with van der Waals surface area (Å²) in [6.45, 7) is 0. The SMILES string of the molecule is Clc1ccc(CSc2ncnc3ccccc23)nn1. The minimum absolute atomic E-state index is 0.404. The van der Waals surface area contributed by atoms with Gasteiger partial charge in [0.05, 0.1) is 11.2 Å². The van der Waals surface area contributed by atoms with Gasteiger partial charge in [-0.1, -0.05) is 41.6 Å². The zero-order valence-electron chi connectivity index (χ0n) is 9.82. The molecule has 0 amide bonds.